The van der Waals surface area contributed by atoms with Gasteiger partial charge in [0, 0.05) is 6.04 Å². The Morgan fingerprint density at radius 3 is 2.63 bits per heavy atom. The van der Waals surface area contributed by atoms with Crippen LogP contribution in [-0.2, 0) is 0 Å². The lowest BCUT2D eigenvalue weighted by atomic mass is 10.1. The molecule has 5 heteroatoms. The second-order valence-corrected chi connectivity index (χ2v) is 5.48. The summed E-state index contributed by atoms with van der Waals surface area (Å²) in [6.07, 6.45) is 1.56. The summed E-state index contributed by atoms with van der Waals surface area (Å²) in [4.78, 5) is 0. The molecule has 4 nitrogen and oxygen atoms in total. The summed E-state index contributed by atoms with van der Waals surface area (Å²) in [6, 6.07) is 7.58. The first-order chi connectivity index (χ1) is 9.06. The van der Waals surface area contributed by atoms with Gasteiger partial charge in [-0.2, -0.15) is 0 Å². The summed E-state index contributed by atoms with van der Waals surface area (Å²) >= 11 is 3.29. The second kappa shape index (κ2) is 6.41. The molecule has 3 atom stereocenters. The highest BCUT2D eigenvalue weighted by Crippen LogP contribution is 2.23. The molecule has 104 valence electrons. The molecule has 2 heterocycles. The van der Waals surface area contributed by atoms with Crippen LogP contribution in [-0.4, -0.2) is 11.1 Å². The van der Waals surface area contributed by atoms with Gasteiger partial charge in [-0.1, -0.05) is 0 Å². The number of aliphatic hydroxyl groups is 1. The zero-order chi connectivity index (χ0) is 13.8. The molecule has 0 saturated carbocycles. The van der Waals surface area contributed by atoms with E-state index in [1.54, 1.807) is 18.4 Å². The standard InChI is InChI=1S/C14H18BrNO3/c1-9(8-11(17)13-4-3-7-18-13)16-10(2)12-5-6-14(15)19-12/h3-7,9-11,16-17H,8H2,1-2H3. The minimum absolute atomic E-state index is 0.0881. The van der Waals surface area contributed by atoms with E-state index in [0.29, 0.717) is 12.2 Å². The van der Waals surface area contributed by atoms with Crippen LogP contribution in [0.3, 0.4) is 0 Å². The smallest absolute Gasteiger partial charge is 0.169 e. The van der Waals surface area contributed by atoms with Crippen molar-refractivity contribution in [3.8, 4) is 0 Å². The minimum Gasteiger partial charge on any atom is -0.467 e. The van der Waals surface area contributed by atoms with E-state index in [0.717, 1.165) is 10.4 Å². The van der Waals surface area contributed by atoms with Crippen molar-refractivity contribution >= 4 is 15.9 Å². The third-order valence-corrected chi connectivity index (χ3v) is 3.43. The van der Waals surface area contributed by atoms with E-state index in [2.05, 4.69) is 21.2 Å². The maximum absolute atomic E-state index is 10.0. The summed E-state index contributed by atoms with van der Waals surface area (Å²) in [5.74, 6) is 1.47. The van der Waals surface area contributed by atoms with Crippen molar-refractivity contribution in [3.63, 3.8) is 0 Å². The molecule has 19 heavy (non-hydrogen) atoms. The van der Waals surface area contributed by atoms with Gasteiger partial charge in [-0.05, 0) is 60.5 Å². The quantitative estimate of drug-likeness (QED) is 0.847. The van der Waals surface area contributed by atoms with Crippen LogP contribution in [0.25, 0.3) is 0 Å². The summed E-state index contributed by atoms with van der Waals surface area (Å²) in [7, 11) is 0. The van der Waals surface area contributed by atoms with Crippen molar-refractivity contribution in [3.05, 3.63) is 46.7 Å². The predicted molar refractivity (Wildman–Crippen MR) is 75.7 cm³/mol. The van der Waals surface area contributed by atoms with Crippen molar-refractivity contribution in [2.24, 2.45) is 0 Å². The molecule has 0 fully saturated rings. The Bertz CT molecular complexity index is 495. The van der Waals surface area contributed by atoms with Gasteiger partial charge in [0.15, 0.2) is 4.67 Å². The average Bonchev–Trinajstić information content (AvgIpc) is 2.98. The lowest BCUT2D eigenvalue weighted by molar-refractivity contribution is 0.126. The lowest BCUT2D eigenvalue weighted by Gasteiger charge is -2.20. The molecule has 3 unspecified atom stereocenters. The van der Waals surface area contributed by atoms with E-state index < -0.39 is 6.10 Å². The molecule has 2 aromatic rings. The zero-order valence-corrected chi connectivity index (χ0v) is 12.6. The van der Waals surface area contributed by atoms with Gasteiger partial charge < -0.3 is 19.3 Å². The van der Waals surface area contributed by atoms with Gasteiger partial charge >= 0.3 is 0 Å². The number of hydrogen-bond acceptors (Lipinski definition) is 4. The Morgan fingerprint density at radius 2 is 2.05 bits per heavy atom. The fourth-order valence-electron chi connectivity index (χ4n) is 2.07. The van der Waals surface area contributed by atoms with Crippen LogP contribution in [0.15, 0.2) is 44.0 Å². The first-order valence-electron chi connectivity index (χ1n) is 6.29. The highest BCUT2D eigenvalue weighted by Gasteiger charge is 2.18. The topological polar surface area (TPSA) is 58.5 Å². The predicted octanol–water partition coefficient (Wildman–Crippen LogP) is 3.80. The van der Waals surface area contributed by atoms with Crippen LogP contribution in [0, 0.1) is 0 Å². The Labute approximate surface area is 120 Å². The molecule has 2 N–H and O–H groups in total. The number of halogens is 1. The van der Waals surface area contributed by atoms with Gasteiger partial charge in [0.25, 0.3) is 0 Å². The fraction of sp³-hybridized carbons (Fsp3) is 0.429. The number of nitrogens with one attached hydrogen (secondary N) is 1. The summed E-state index contributed by atoms with van der Waals surface area (Å²) in [6.45, 7) is 4.06. The zero-order valence-electron chi connectivity index (χ0n) is 11.0. The first-order valence-corrected chi connectivity index (χ1v) is 7.08. The van der Waals surface area contributed by atoms with Gasteiger partial charge in [0.1, 0.15) is 17.6 Å². The average molecular weight is 328 g/mol. The van der Waals surface area contributed by atoms with Crippen molar-refractivity contribution in [1.82, 2.24) is 5.32 Å². The molecule has 0 aliphatic carbocycles. The van der Waals surface area contributed by atoms with E-state index in [-0.39, 0.29) is 12.1 Å². The highest BCUT2D eigenvalue weighted by molar-refractivity contribution is 9.10. The molecule has 0 aromatic carbocycles. The van der Waals surface area contributed by atoms with E-state index in [9.17, 15) is 5.11 Å². The fourth-order valence-corrected chi connectivity index (χ4v) is 2.39. The Hall–Kier alpha value is -1.04. The first kappa shape index (κ1) is 14.4. The van der Waals surface area contributed by atoms with E-state index in [1.165, 1.54) is 0 Å². The van der Waals surface area contributed by atoms with Crippen LogP contribution < -0.4 is 5.32 Å². The molecule has 0 aliphatic heterocycles. The Balaban J connectivity index is 1.85. The van der Waals surface area contributed by atoms with Gasteiger partial charge in [0.05, 0.1) is 12.3 Å². The molecule has 0 spiro atoms. The van der Waals surface area contributed by atoms with Crippen LogP contribution >= 0.6 is 15.9 Å². The van der Waals surface area contributed by atoms with E-state index in [4.69, 9.17) is 8.83 Å². The monoisotopic (exact) mass is 327 g/mol. The normalized spacial score (nSPS) is 16.2. The SMILES string of the molecule is CC(CC(O)c1ccco1)NC(C)c1ccc(Br)o1. The lowest BCUT2D eigenvalue weighted by Crippen LogP contribution is -2.30. The third kappa shape index (κ3) is 3.96. The van der Waals surface area contributed by atoms with Crippen LogP contribution in [0.5, 0.6) is 0 Å². The van der Waals surface area contributed by atoms with Gasteiger partial charge in [-0.25, -0.2) is 0 Å². The molecule has 0 radical (unpaired) electrons. The van der Waals surface area contributed by atoms with Crippen LogP contribution in [0.2, 0.25) is 0 Å². The largest absolute Gasteiger partial charge is 0.467 e. The van der Waals surface area contributed by atoms with E-state index >= 15 is 0 Å². The second-order valence-electron chi connectivity index (χ2n) is 4.70. The van der Waals surface area contributed by atoms with Crippen molar-refractivity contribution in [2.75, 3.05) is 0 Å². The van der Waals surface area contributed by atoms with Gasteiger partial charge in [-0.3, -0.25) is 0 Å². The molecular formula is C14H18BrNO3. The maximum atomic E-state index is 10.0. The molecule has 2 aromatic heterocycles. The minimum atomic E-state index is -0.590. The Kier molecular flexibility index (Phi) is 4.85. The Morgan fingerprint density at radius 1 is 1.26 bits per heavy atom. The summed E-state index contributed by atoms with van der Waals surface area (Å²) in [5, 5.41) is 13.4. The van der Waals surface area contributed by atoms with Crippen molar-refractivity contribution in [2.45, 2.75) is 38.5 Å². The molecule has 2 rings (SSSR count). The van der Waals surface area contributed by atoms with Gasteiger partial charge in [0.2, 0.25) is 0 Å². The number of hydrogen-bond donors (Lipinski definition) is 2. The van der Waals surface area contributed by atoms with E-state index in [1.807, 2.05) is 26.0 Å². The molecule has 0 amide bonds. The summed E-state index contributed by atoms with van der Waals surface area (Å²) in [5.41, 5.74) is 0. The van der Waals surface area contributed by atoms with Crippen LogP contribution in [0.4, 0.5) is 0 Å². The molecular weight excluding hydrogens is 310 g/mol. The van der Waals surface area contributed by atoms with Crippen molar-refractivity contribution < 1.29 is 13.9 Å². The third-order valence-electron chi connectivity index (χ3n) is 3.00. The highest BCUT2D eigenvalue weighted by atomic mass is 79.9. The van der Waals surface area contributed by atoms with Gasteiger partial charge in [-0.15, -0.1) is 0 Å². The number of furan rings is 2. The van der Waals surface area contributed by atoms with Crippen LogP contribution in [0.1, 0.15) is 43.9 Å². The maximum Gasteiger partial charge on any atom is 0.169 e. The molecule has 0 saturated heterocycles. The number of rotatable bonds is 6. The number of aliphatic hydroxyl groups excluding tert-OH is 1. The molecule has 0 aliphatic rings. The summed E-state index contributed by atoms with van der Waals surface area (Å²) < 4.78 is 11.4. The van der Waals surface area contributed by atoms with Crippen molar-refractivity contribution in [1.29, 1.82) is 0 Å². The molecule has 0 bridgehead atoms.